The molecule has 0 fully saturated rings. The lowest BCUT2D eigenvalue weighted by molar-refractivity contribution is -0.121. The van der Waals surface area contributed by atoms with Crippen molar-refractivity contribution in [1.29, 1.82) is 0 Å². The maximum atomic E-state index is 12.3. The normalized spacial score (nSPS) is 13.3. The van der Waals surface area contributed by atoms with Crippen LogP contribution in [-0.2, 0) is 9.59 Å². The smallest absolute Gasteiger partial charge is 0.264 e. The number of amides is 2. The molecule has 6 heteroatoms. The van der Waals surface area contributed by atoms with Crippen molar-refractivity contribution in [3.05, 3.63) is 54.1 Å². The molecule has 6 nitrogen and oxygen atoms in total. The highest BCUT2D eigenvalue weighted by Crippen LogP contribution is 2.33. The zero-order valence-corrected chi connectivity index (χ0v) is 15.4. The Hall–Kier alpha value is -3.28. The summed E-state index contributed by atoms with van der Waals surface area (Å²) >= 11 is 0. The summed E-state index contributed by atoms with van der Waals surface area (Å²) in [5.74, 6) is 0.961. The van der Waals surface area contributed by atoms with Crippen LogP contribution in [0.5, 0.6) is 11.5 Å². The van der Waals surface area contributed by atoms with Crippen LogP contribution < -0.4 is 19.7 Å². The van der Waals surface area contributed by atoms with Gasteiger partial charge in [0.25, 0.3) is 5.91 Å². The van der Waals surface area contributed by atoms with E-state index in [0.29, 0.717) is 23.7 Å². The summed E-state index contributed by atoms with van der Waals surface area (Å²) < 4.78 is 11.1. The standard InChI is InChI=1S/C21H22N2O4/c1-3-12-26-18-7-5-4-6-15(18)8-11-20(24)22-16-9-10-19-17(13-16)23(2)21(25)14-27-19/h4-11,13H,3,12,14H2,1-2H3,(H,22,24)/b11-8+. The number of hydrogen-bond acceptors (Lipinski definition) is 4. The van der Waals surface area contributed by atoms with Crippen LogP contribution in [0.2, 0.25) is 0 Å². The lowest BCUT2D eigenvalue weighted by Crippen LogP contribution is -2.35. The third-order valence-corrected chi connectivity index (χ3v) is 4.11. The number of ether oxygens (including phenoxy) is 2. The van der Waals surface area contributed by atoms with Gasteiger partial charge in [0.05, 0.1) is 12.3 Å². The number of anilines is 2. The van der Waals surface area contributed by atoms with Crippen LogP contribution in [0.25, 0.3) is 6.08 Å². The molecule has 0 bridgehead atoms. The summed E-state index contributed by atoms with van der Waals surface area (Å²) in [4.78, 5) is 25.5. The van der Waals surface area contributed by atoms with Gasteiger partial charge in [-0.2, -0.15) is 0 Å². The maximum Gasteiger partial charge on any atom is 0.264 e. The maximum absolute atomic E-state index is 12.3. The molecule has 2 amide bonds. The van der Waals surface area contributed by atoms with Crippen LogP contribution in [0.4, 0.5) is 11.4 Å². The quantitative estimate of drug-likeness (QED) is 0.795. The van der Waals surface area contributed by atoms with Gasteiger partial charge >= 0.3 is 0 Å². The van der Waals surface area contributed by atoms with Gasteiger partial charge in [-0.15, -0.1) is 0 Å². The minimum atomic E-state index is -0.272. The molecule has 1 heterocycles. The molecule has 0 spiro atoms. The first-order chi connectivity index (χ1) is 13.1. The van der Waals surface area contributed by atoms with E-state index < -0.39 is 0 Å². The summed E-state index contributed by atoms with van der Waals surface area (Å²) in [6, 6.07) is 12.8. The molecule has 3 rings (SSSR count). The van der Waals surface area contributed by atoms with Gasteiger partial charge in [0.15, 0.2) is 6.61 Å². The minimum Gasteiger partial charge on any atom is -0.493 e. The Morgan fingerprint density at radius 2 is 2.11 bits per heavy atom. The van der Waals surface area contributed by atoms with Crippen molar-refractivity contribution < 1.29 is 19.1 Å². The zero-order valence-electron chi connectivity index (χ0n) is 15.4. The van der Waals surface area contributed by atoms with Gasteiger partial charge in [-0.3, -0.25) is 9.59 Å². The molecule has 0 saturated carbocycles. The topological polar surface area (TPSA) is 67.9 Å². The van der Waals surface area contributed by atoms with Crippen molar-refractivity contribution in [1.82, 2.24) is 0 Å². The Bertz CT molecular complexity index is 876. The first-order valence-corrected chi connectivity index (χ1v) is 8.83. The average molecular weight is 366 g/mol. The number of fused-ring (bicyclic) bond motifs is 1. The van der Waals surface area contributed by atoms with Crippen molar-refractivity contribution in [3.63, 3.8) is 0 Å². The van der Waals surface area contributed by atoms with E-state index in [0.717, 1.165) is 17.7 Å². The van der Waals surface area contributed by atoms with Gasteiger partial charge < -0.3 is 19.7 Å². The van der Waals surface area contributed by atoms with Gasteiger partial charge in [-0.05, 0) is 36.8 Å². The summed E-state index contributed by atoms with van der Waals surface area (Å²) in [6.45, 7) is 2.69. The molecule has 0 aliphatic carbocycles. The van der Waals surface area contributed by atoms with Crippen molar-refractivity contribution >= 4 is 29.3 Å². The fraction of sp³-hybridized carbons (Fsp3) is 0.238. The zero-order chi connectivity index (χ0) is 19.2. The number of carbonyl (C=O) groups excluding carboxylic acids is 2. The molecule has 0 aromatic heterocycles. The Labute approximate surface area is 158 Å². The Morgan fingerprint density at radius 1 is 1.30 bits per heavy atom. The predicted molar refractivity (Wildman–Crippen MR) is 105 cm³/mol. The lowest BCUT2D eigenvalue weighted by Gasteiger charge is -2.26. The number of hydrogen-bond donors (Lipinski definition) is 1. The largest absolute Gasteiger partial charge is 0.493 e. The molecule has 0 radical (unpaired) electrons. The number of nitrogens with zero attached hydrogens (tertiary/aromatic N) is 1. The highest BCUT2D eigenvalue weighted by Gasteiger charge is 2.22. The molecule has 0 atom stereocenters. The molecule has 1 aliphatic heterocycles. The number of benzene rings is 2. The van der Waals surface area contributed by atoms with Crippen LogP contribution in [-0.4, -0.2) is 32.1 Å². The second kappa shape index (κ2) is 8.40. The minimum absolute atomic E-state index is 0.0253. The average Bonchev–Trinajstić information content (AvgIpc) is 2.68. The number of carbonyl (C=O) groups is 2. The molecule has 140 valence electrons. The van der Waals surface area contributed by atoms with Crippen molar-refractivity contribution in [3.8, 4) is 11.5 Å². The van der Waals surface area contributed by atoms with E-state index in [4.69, 9.17) is 9.47 Å². The molecule has 1 aliphatic rings. The summed E-state index contributed by atoms with van der Waals surface area (Å²) in [6.07, 6.45) is 4.09. The Morgan fingerprint density at radius 3 is 2.93 bits per heavy atom. The van der Waals surface area contributed by atoms with E-state index in [1.807, 2.05) is 31.2 Å². The van der Waals surface area contributed by atoms with Crippen LogP contribution in [0.1, 0.15) is 18.9 Å². The fourth-order valence-corrected chi connectivity index (χ4v) is 2.66. The molecular formula is C21H22N2O4. The number of para-hydroxylation sites is 1. The van der Waals surface area contributed by atoms with Crippen LogP contribution in [0.3, 0.4) is 0 Å². The summed E-state index contributed by atoms with van der Waals surface area (Å²) in [5.41, 5.74) is 2.06. The molecule has 2 aromatic carbocycles. The molecule has 27 heavy (non-hydrogen) atoms. The van der Waals surface area contributed by atoms with E-state index in [9.17, 15) is 9.59 Å². The van der Waals surface area contributed by atoms with Crippen LogP contribution >= 0.6 is 0 Å². The third-order valence-electron chi connectivity index (χ3n) is 4.11. The van der Waals surface area contributed by atoms with E-state index in [1.165, 1.54) is 11.0 Å². The van der Waals surface area contributed by atoms with E-state index in [1.54, 1.807) is 31.3 Å². The first kappa shape index (κ1) is 18.5. The van der Waals surface area contributed by atoms with Gasteiger partial charge in [0.1, 0.15) is 11.5 Å². The first-order valence-electron chi connectivity index (χ1n) is 8.83. The number of nitrogens with one attached hydrogen (secondary N) is 1. The van der Waals surface area contributed by atoms with Crippen LogP contribution in [0, 0.1) is 0 Å². The van der Waals surface area contributed by atoms with Gasteiger partial charge in [0, 0.05) is 24.4 Å². The van der Waals surface area contributed by atoms with E-state index >= 15 is 0 Å². The Balaban J connectivity index is 1.70. The SMILES string of the molecule is CCCOc1ccccc1/C=C/C(=O)Nc1ccc2c(c1)N(C)C(=O)CO2. The van der Waals surface area contributed by atoms with E-state index in [2.05, 4.69) is 5.32 Å². The molecular weight excluding hydrogens is 344 g/mol. The second-order valence-electron chi connectivity index (χ2n) is 6.13. The van der Waals surface area contributed by atoms with Gasteiger partial charge in [-0.1, -0.05) is 25.1 Å². The van der Waals surface area contributed by atoms with Crippen molar-refractivity contribution in [2.45, 2.75) is 13.3 Å². The highest BCUT2D eigenvalue weighted by molar-refractivity contribution is 6.03. The fourth-order valence-electron chi connectivity index (χ4n) is 2.66. The third kappa shape index (κ3) is 4.47. The number of likely N-dealkylation sites (N-methyl/N-ethyl adjacent to an activating group) is 1. The molecule has 1 N–H and O–H groups in total. The van der Waals surface area contributed by atoms with Gasteiger partial charge in [-0.25, -0.2) is 0 Å². The molecule has 0 unspecified atom stereocenters. The van der Waals surface area contributed by atoms with Crippen molar-refractivity contribution in [2.75, 3.05) is 30.5 Å². The van der Waals surface area contributed by atoms with Crippen LogP contribution in [0.15, 0.2) is 48.5 Å². The number of rotatable bonds is 6. The molecule has 2 aromatic rings. The lowest BCUT2D eigenvalue weighted by atomic mass is 10.2. The van der Waals surface area contributed by atoms with Gasteiger partial charge in [0.2, 0.25) is 5.91 Å². The Kier molecular flexibility index (Phi) is 5.76. The molecule has 0 saturated heterocycles. The second-order valence-corrected chi connectivity index (χ2v) is 6.13. The summed E-state index contributed by atoms with van der Waals surface area (Å²) in [7, 11) is 1.68. The van der Waals surface area contributed by atoms with Crippen molar-refractivity contribution in [2.24, 2.45) is 0 Å². The monoisotopic (exact) mass is 366 g/mol. The predicted octanol–water partition coefficient (Wildman–Crippen LogP) is 3.48. The summed E-state index contributed by atoms with van der Waals surface area (Å²) in [5, 5.41) is 2.80. The van der Waals surface area contributed by atoms with E-state index in [-0.39, 0.29) is 18.4 Å². The highest BCUT2D eigenvalue weighted by atomic mass is 16.5.